The standard InChI is InChI=1S/C23H25FN2O/c1-16(2)13-23(3,14-17-8-5-4-6-9-17)22(27)26-19-12-18-10-7-11-20(24)21(18)25-15-19/h4-12,15-16H,13-14H2,1-3H3,(H,26,27)/t23-/m0/s1. The van der Waals surface area contributed by atoms with Crippen molar-refractivity contribution < 1.29 is 9.18 Å². The van der Waals surface area contributed by atoms with Gasteiger partial charge in [-0.15, -0.1) is 0 Å². The Labute approximate surface area is 159 Å². The predicted octanol–water partition coefficient (Wildman–Crippen LogP) is 5.61. The van der Waals surface area contributed by atoms with Gasteiger partial charge in [0.1, 0.15) is 11.3 Å². The van der Waals surface area contributed by atoms with Gasteiger partial charge in [-0.25, -0.2) is 4.39 Å². The molecule has 0 radical (unpaired) electrons. The summed E-state index contributed by atoms with van der Waals surface area (Å²) in [5, 5.41) is 3.66. The van der Waals surface area contributed by atoms with E-state index in [0.717, 1.165) is 12.0 Å². The fourth-order valence-electron chi connectivity index (χ4n) is 3.67. The van der Waals surface area contributed by atoms with Crippen molar-refractivity contribution in [3.8, 4) is 0 Å². The van der Waals surface area contributed by atoms with Crippen molar-refractivity contribution in [3.63, 3.8) is 0 Å². The molecular formula is C23H25FN2O. The van der Waals surface area contributed by atoms with E-state index >= 15 is 0 Å². The number of halogens is 1. The molecule has 0 aliphatic rings. The maximum absolute atomic E-state index is 13.8. The highest BCUT2D eigenvalue weighted by atomic mass is 19.1. The largest absolute Gasteiger partial charge is 0.324 e. The van der Waals surface area contributed by atoms with Crippen LogP contribution in [0.4, 0.5) is 10.1 Å². The zero-order chi connectivity index (χ0) is 19.4. The van der Waals surface area contributed by atoms with E-state index in [1.165, 1.54) is 12.3 Å². The summed E-state index contributed by atoms with van der Waals surface area (Å²) in [6, 6.07) is 16.6. The lowest BCUT2D eigenvalue weighted by molar-refractivity contribution is -0.125. The summed E-state index contributed by atoms with van der Waals surface area (Å²) >= 11 is 0. The second kappa shape index (κ2) is 7.87. The van der Waals surface area contributed by atoms with Crippen LogP contribution in [0.15, 0.2) is 60.8 Å². The number of rotatable bonds is 6. The van der Waals surface area contributed by atoms with E-state index in [4.69, 9.17) is 0 Å². The average Bonchev–Trinajstić information content (AvgIpc) is 2.62. The SMILES string of the molecule is CC(C)C[C@@](C)(Cc1ccccc1)C(=O)Nc1cnc2c(F)cccc2c1. The lowest BCUT2D eigenvalue weighted by Crippen LogP contribution is -2.36. The van der Waals surface area contributed by atoms with E-state index in [1.807, 2.05) is 37.3 Å². The molecule has 0 saturated heterocycles. The molecule has 0 bridgehead atoms. The van der Waals surface area contributed by atoms with Gasteiger partial charge in [-0.05, 0) is 36.5 Å². The molecule has 1 heterocycles. The average molecular weight is 364 g/mol. The Bertz CT molecular complexity index is 940. The fraction of sp³-hybridized carbons (Fsp3) is 0.304. The van der Waals surface area contributed by atoms with Gasteiger partial charge in [0.05, 0.1) is 17.3 Å². The monoisotopic (exact) mass is 364 g/mol. The minimum atomic E-state index is -0.549. The van der Waals surface area contributed by atoms with Crippen LogP contribution in [0.2, 0.25) is 0 Å². The van der Waals surface area contributed by atoms with Crippen LogP contribution in [0.25, 0.3) is 10.9 Å². The van der Waals surface area contributed by atoms with Crippen LogP contribution < -0.4 is 5.32 Å². The van der Waals surface area contributed by atoms with Gasteiger partial charge in [-0.3, -0.25) is 9.78 Å². The van der Waals surface area contributed by atoms with Gasteiger partial charge < -0.3 is 5.32 Å². The Morgan fingerprint density at radius 1 is 1.15 bits per heavy atom. The summed E-state index contributed by atoms with van der Waals surface area (Å²) in [6.07, 6.45) is 2.94. The minimum Gasteiger partial charge on any atom is -0.324 e. The Kier molecular flexibility index (Phi) is 5.54. The van der Waals surface area contributed by atoms with Crippen molar-refractivity contribution in [1.29, 1.82) is 0 Å². The van der Waals surface area contributed by atoms with Crippen molar-refractivity contribution in [2.24, 2.45) is 11.3 Å². The fourth-order valence-corrected chi connectivity index (χ4v) is 3.67. The summed E-state index contributed by atoms with van der Waals surface area (Å²) in [7, 11) is 0. The van der Waals surface area contributed by atoms with E-state index in [1.54, 1.807) is 18.2 Å². The number of amides is 1. The number of carbonyl (C=O) groups excluding carboxylic acids is 1. The molecule has 0 fully saturated rings. The molecule has 0 unspecified atom stereocenters. The number of fused-ring (bicyclic) bond motifs is 1. The second-order valence-corrected chi connectivity index (χ2v) is 7.81. The molecule has 4 heteroatoms. The second-order valence-electron chi connectivity index (χ2n) is 7.81. The minimum absolute atomic E-state index is 0.0439. The number of hydrogen-bond acceptors (Lipinski definition) is 2. The first kappa shape index (κ1) is 19.0. The van der Waals surface area contributed by atoms with E-state index in [-0.39, 0.29) is 11.7 Å². The Morgan fingerprint density at radius 2 is 1.89 bits per heavy atom. The molecule has 2 aromatic carbocycles. The molecule has 3 rings (SSSR count). The highest BCUT2D eigenvalue weighted by Crippen LogP contribution is 2.32. The molecule has 3 aromatic rings. The third-order valence-corrected chi connectivity index (χ3v) is 4.76. The van der Waals surface area contributed by atoms with Crippen molar-refractivity contribution in [1.82, 2.24) is 4.98 Å². The molecule has 1 N–H and O–H groups in total. The van der Waals surface area contributed by atoms with Gasteiger partial charge >= 0.3 is 0 Å². The van der Waals surface area contributed by atoms with Gasteiger partial charge in [0.25, 0.3) is 0 Å². The predicted molar refractivity (Wildman–Crippen MR) is 108 cm³/mol. The van der Waals surface area contributed by atoms with E-state index in [0.29, 0.717) is 28.9 Å². The molecular weight excluding hydrogens is 339 g/mol. The zero-order valence-electron chi connectivity index (χ0n) is 16.0. The molecule has 0 spiro atoms. The van der Waals surface area contributed by atoms with Gasteiger partial charge in [0, 0.05) is 5.39 Å². The maximum atomic E-state index is 13.8. The number of nitrogens with zero attached hydrogens (tertiary/aromatic N) is 1. The summed E-state index contributed by atoms with van der Waals surface area (Å²) < 4.78 is 13.8. The highest BCUT2D eigenvalue weighted by molar-refractivity contribution is 5.96. The Hall–Kier alpha value is -2.75. The maximum Gasteiger partial charge on any atom is 0.230 e. The van der Waals surface area contributed by atoms with Crippen molar-refractivity contribution in [2.75, 3.05) is 5.32 Å². The summed E-state index contributed by atoms with van der Waals surface area (Å²) in [6.45, 7) is 6.25. The number of nitrogens with one attached hydrogen (secondary N) is 1. The summed E-state index contributed by atoms with van der Waals surface area (Å²) in [5.74, 6) is -0.0232. The molecule has 27 heavy (non-hydrogen) atoms. The third-order valence-electron chi connectivity index (χ3n) is 4.76. The number of aromatic nitrogens is 1. The molecule has 0 aliphatic heterocycles. The first-order valence-electron chi connectivity index (χ1n) is 9.27. The summed E-state index contributed by atoms with van der Waals surface area (Å²) in [4.78, 5) is 17.3. The van der Waals surface area contributed by atoms with Crippen LogP contribution in [-0.4, -0.2) is 10.9 Å². The lowest BCUT2D eigenvalue weighted by atomic mass is 9.76. The molecule has 0 saturated carbocycles. The highest BCUT2D eigenvalue weighted by Gasteiger charge is 2.34. The first-order valence-corrected chi connectivity index (χ1v) is 9.27. The van der Waals surface area contributed by atoms with Crippen LogP contribution in [0.5, 0.6) is 0 Å². The third kappa shape index (κ3) is 4.51. The number of anilines is 1. The van der Waals surface area contributed by atoms with Crippen molar-refractivity contribution in [2.45, 2.75) is 33.6 Å². The van der Waals surface area contributed by atoms with Gasteiger partial charge in [0.2, 0.25) is 5.91 Å². The van der Waals surface area contributed by atoms with Crippen LogP contribution in [0, 0.1) is 17.2 Å². The topological polar surface area (TPSA) is 42.0 Å². The number of para-hydroxylation sites is 1. The van der Waals surface area contributed by atoms with Crippen molar-refractivity contribution in [3.05, 3.63) is 72.2 Å². The van der Waals surface area contributed by atoms with E-state index < -0.39 is 5.41 Å². The van der Waals surface area contributed by atoms with E-state index in [9.17, 15) is 9.18 Å². The van der Waals surface area contributed by atoms with Gasteiger partial charge in [-0.2, -0.15) is 0 Å². The number of benzene rings is 2. The summed E-state index contributed by atoms with van der Waals surface area (Å²) in [5.41, 5.74) is 1.48. The number of hydrogen-bond donors (Lipinski definition) is 1. The molecule has 3 nitrogen and oxygen atoms in total. The lowest BCUT2D eigenvalue weighted by Gasteiger charge is -2.30. The Morgan fingerprint density at radius 3 is 2.59 bits per heavy atom. The Balaban J connectivity index is 1.85. The van der Waals surface area contributed by atoms with Crippen LogP contribution in [0.1, 0.15) is 32.8 Å². The molecule has 1 atom stereocenters. The van der Waals surface area contributed by atoms with Crippen LogP contribution in [0.3, 0.4) is 0 Å². The molecule has 0 aliphatic carbocycles. The van der Waals surface area contributed by atoms with Crippen molar-refractivity contribution >= 4 is 22.5 Å². The smallest absolute Gasteiger partial charge is 0.230 e. The van der Waals surface area contributed by atoms with Gasteiger partial charge in [-0.1, -0.05) is 63.2 Å². The first-order chi connectivity index (χ1) is 12.9. The number of carbonyl (C=O) groups is 1. The molecule has 1 amide bonds. The normalized spacial score (nSPS) is 13.5. The quantitative estimate of drug-likeness (QED) is 0.618. The van der Waals surface area contributed by atoms with E-state index in [2.05, 4.69) is 24.1 Å². The zero-order valence-corrected chi connectivity index (χ0v) is 16.0. The van der Waals surface area contributed by atoms with Gasteiger partial charge in [0.15, 0.2) is 0 Å². The van der Waals surface area contributed by atoms with Crippen LogP contribution in [-0.2, 0) is 11.2 Å². The molecule has 140 valence electrons. The number of pyridine rings is 1. The molecule has 1 aromatic heterocycles. The van der Waals surface area contributed by atoms with Crippen LogP contribution >= 0.6 is 0 Å².